The van der Waals surface area contributed by atoms with Gasteiger partial charge in [-0.15, -0.1) is 0 Å². The van der Waals surface area contributed by atoms with Crippen molar-refractivity contribution in [3.63, 3.8) is 0 Å². The topological polar surface area (TPSA) is 37.8 Å². The Labute approximate surface area is 83.5 Å². The summed E-state index contributed by atoms with van der Waals surface area (Å²) >= 11 is 0. The van der Waals surface area contributed by atoms with Crippen LogP contribution in [-0.4, -0.2) is 17.5 Å². The van der Waals surface area contributed by atoms with Gasteiger partial charge in [0.05, 0.1) is 11.0 Å². The summed E-state index contributed by atoms with van der Waals surface area (Å²) in [5.41, 5.74) is 1.97. The largest absolute Gasteiger partial charge is 0.321 e. The van der Waals surface area contributed by atoms with Crippen LogP contribution >= 0.6 is 0 Å². The second-order valence-electron chi connectivity index (χ2n) is 4.45. The molecule has 1 heterocycles. The minimum Gasteiger partial charge on any atom is -0.321 e. The number of aromatic amines is 1. The van der Waals surface area contributed by atoms with Crippen molar-refractivity contribution in [1.29, 1.82) is 0 Å². The molecule has 0 unspecified atom stereocenters. The number of benzene rings is 1. The van der Waals surface area contributed by atoms with Crippen molar-refractivity contribution in [2.24, 2.45) is 0 Å². The maximum Gasteiger partial charge on any atom is 0.318 e. The summed E-state index contributed by atoms with van der Waals surface area (Å²) < 4.78 is 1.92. The highest BCUT2D eigenvalue weighted by molar-refractivity contribution is 6.75. The van der Waals surface area contributed by atoms with Crippen molar-refractivity contribution in [3.05, 3.63) is 34.7 Å². The van der Waals surface area contributed by atoms with E-state index in [9.17, 15) is 4.79 Å². The number of imidazole rings is 1. The molecule has 0 saturated carbocycles. The molecule has 0 atom stereocenters. The minimum atomic E-state index is -1.62. The molecule has 0 aliphatic carbocycles. The van der Waals surface area contributed by atoms with Crippen LogP contribution in [0.1, 0.15) is 0 Å². The second kappa shape index (κ2) is 2.85. The predicted molar refractivity (Wildman–Crippen MR) is 61.3 cm³/mol. The molecule has 0 aliphatic rings. The van der Waals surface area contributed by atoms with Crippen LogP contribution < -0.4 is 5.69 Å². The zero-order chi connectivity index (χ0) is 10.3. The van der Waals surface area contributed by atoms with E-state index in [1.54, 1.807) is 0 Å². The molecular formula is C10H14N2OSi. The van der Waals surface area contributed by atoms with Crippen LogP contribution in [0.15, 0.2) is 29.1 Å². The third kappa shape index (κ3) is 1.31. The summed E-state index contributed by atoms with van der Waals surface area (Å²) in [5, 5.41) is 0. The molecule has 2 rings (SSSR count). The number of H-pyrrole nitrogens is 1. The first kappa shape index (κ1) is 9.27. The lowest BCUT2D eigenvalue weighted by Crippen LogP contribution is -2.39. The van der Waals surface area contributed by atoms with Crippen molar-refractivity contribution in [1.82, 2.24) is 9.22 Å². The van der Waals surface area contributed by atoms with E-state index < -0.39 is 8.24 Å². The summed E-state index contributed by atoms with van der Waals surface area (Å²) in [6.45, 7) is 6.48. The van der Waals surface area contributed by atoms with Crippen molar-refractivity contribution in [2.75, 3.05) is 0 Å². The number of hydrogen-bond acceptors (Lipinski definition) is 1. The molecule has 0 radical (unpaired) electrons. The Kier molecular flexibility index (Phi) is 1.89. The number of nitrogens with one attached hydrogen (secondary N) is 1. The standard InChI is InChI=1S/C10H14N2OSi/c1-14(2,3)12-9-7-5-4-6-8(9)11-10(12)13/h4-7H,1-3H3,(H,11,13). The van der Waals surface area contributed by atoms with Crippen LogP contribution in [0.3, 0.4) is 0 Å². The predicted octanol–water partition coefficient (Wildman–Crippen LogP) is 2.01. The van der Waals surface area contributed by atoms with Gasteiger partial charge in [-0.1, -0.05) is 31.8 Å². The van der Waals surface area contributed by atoms with Gasteiger partial charge in [-0.25, -0.2) is 4.79 Å². The van der Waals surface area contributed by atoms with Crippen LogP contribution in [0, 0.1) is 0 Å². The fourth-order valence-corrected chi connectivity index (χ4v) is 3.30. The van der Waals surface area contributed by atoms with Crippen LogP contribution in [0.5, 0.6) is 0 Å². The fourth-order valence-electron chi connectivity index (χ4n) is 1.72. The zero-order valence-corrected chi connectivity index (χ0v) is 9.66. The van der Waals surface area contributed by atoms with Gasteiger partial charge in [0.2, 0.25) is 0 Å². The molecule has 0 fully saturated rings. The molecule has 0 aliphatic heterocycles. The zero-order valence-electron chi connectivity index (χ0n) is 8.66. The van der Waals surface area contributed by atoms with Gasteiger partial charge in [0, 0.05) is 0 Å². The average molecular weight is 206 g/mol. The summed E-state index contributed by atoms with van der Waals surface area (Å²) in [7, 11) is -1.62. The SMILES string of the molecule is C[Si](C)(C)n1c(=O)[nH]c2ccccc21. The monoisotopic (exact) mass is 206 g/mol. The van der Waals surface area contributed by atoms with Crippen molar-refractivity contribution >= 4 is 19.3 Å². The summed E-state index contributed by atoms with van der Waals surface area (Å²) in [6, 6.07) is 7.83. The van der Waals surface area contributed by atoms with Gasteiger partial charge in [0.25, 0.3) is 0 Å². The number of aromatic nitrogens is 2. The highest BCUT2D eigenvalue weighted by Gasteiger charge is 2.21. The molecule has 1 aromatic carbocycles. The molecular weight excluding hydrogens is 192 g/mol. The molecule has 14 heavy (non-hydrogen) atoms. The lowest BCUT2D eigenvalue weighted by molar-refractivity contribution is 1.07. The van der Waals surface area contributed by atoms with E-state index >= 15 is 0 Å². The number of hydrogen-bond donors (Lipinski definition) is 1. The third-order valence-electron chi connectivity index (χ3n) is 2.26. The maximum absolute atomic E-state index is 11.7. The number of para-hydroxylation sites is 2. The highest BCUT2D eigenvalue weighted by atomic mass is 28.3. The van der Waals surface area contributed by atoms with Crippen molar-refractivity contribution in [2.45, 2.75) is 19.6 Å². The van der Waals surface area contributed by atoms with E-state index in [1.807, 2.05) is 28.5 Å². The molecule has 1 N–H and O–H groups in total. The van der Waals surface area contributed by atoms with Crippen LogP contribution in [0.25, 0.3) is 11.0 Å². The fraction of sp³-hybridized carbons (Fsp3) is 0.300. The molecule has 0 saturated heterocycles. The molecule has 3 nitrogen and oxygen atoms in total. The van der Waals surface area contributed by atoms with Crippen molar-refractivity contribution in [3.8, 4) is 0 Å². The van der Waals surface area contributed by atoms with Gasteiger partial charge in [-0.05, 0) is 12.1 Å². The Balaban J connectivity index is 2.88. The molecule has 1 aromatic heterocycles. The van der Waals surface area contributed by atoms with Gasteiger partial charge in [0.1, 0.15) is 0 Å². The van der Waals surface area contributed by atoms with E-state index in [2.05, 4.69) is 24.6 Å². The minimum absolute atomic E-state index is 0.0189. The molecule has 0 amide bonds. The van der Waals surface area contributed by atoms with E-state index in [0.717, 1.165) is 11.0 Å². The Hall–Kier alpha value is -1.29. The van der Waals surface area contributed by atoms with Crippen molar-refractivity contribution < 1.29 is 0 Å². The van der Waals surface area contributed by atoms with Gasteiger partial charge < -0.3 is 9.22 Å². The Morgan fingerprint density at radius 3 is 2.50 bits per heavy atom. The van der Waals surface area contributed by atoms with Crippen LogP contribution in [0.4, 0.5) is 0 Å². The van der Waals surface area contributed by atoms with Crippen LogP contribution in [0.2, 0.25) is 19.6 Å². The second-order valence-corrected chi connectivity index (χ2v) is 9.24. The molecule has 4 heteroatoms. The number of fused-ring (bicyclic) bond motifs is 1. The first-order valence-electron chi connectivity index (χ1n) is 4.70. The Morgan fingerprint density at radius 2 is 1.86 bits per heavy atom. The Bertz CT molecular complexity index is 519. The third-order valence-corrected chi connectivity index (χ3v) is 4.05. The van der Waals surface area contributed by atoms with E-state index in [-0.39, 0.29) is 5.69 Å². The average Bonchev–Trinajstić information content (AvgIpc) is 2.38. The van der Waals surface area contributed by atoms with Gasteiger partial charge in [0.15, 0.2) is 8.24 Å². The summed E-state index contributed by atoms with van der Waals surface area (Å²) in [6.07, 6.45) is 0. The summed E-state index contributed by atoms with van der Waals surface area (Å²) in [4.78, 5) is 14.6. The first-order valence-corrected chi connectivity index (χ1v) is 8.15. The lowest BCUT2D eigenvalue weighted by atomic mass is 10.3. The van der Waals surface area contributed by atoms with Gasteiger partial charge in [-0.2, -0.15) is 0 Å². The molecule has 0 bridgehead atoms. The molecule has 0 spiro atoms. The Morgan fingerprint density at radius 1 is 1.21 bits per heavy atom. The van der Waals surface area contributed by atoms with Gasteiger partial charge >= 0.3 is 5.69 Å². The number of rotatable bonds is 1. The smallest absolute Gasteiger partial charge is 0.318 e. The van der Waals surface area contributed by atoms with Gasteiger partial charge in [-0.3, -0.25) is 0 Å². The molecule has 74 valence electrons. The quantitative estimate of drug-likeness (QED) is 0.712. The maximum atomic E-state index is 11.7. The van der Waals surface area contributed by atoms with E-state index in [4.69, 9.17) is 0 Å². The summed E-state index contributed by atoms with van der Waals surface area (Å²) in [5.74, 6) is 0. The number of nitrogens with zero attached hydrogens (tertiary/aromatic N) is 1. The highest BCUT2D eigenvalue weighted by Crippen LogP contribution is 2.13. The van der Waals surface area contributed by atoms with Crippen LogP contribution in [-0.2, 0) is 0 Å². The van der Waals surface area contributed by atoms with E-state index in [1.165, 1.54) is 0 Å². The first-order chi connectivity index (χ1) is 6.50. The lowest BCUT2D eigenvalue weighted by Gasteiger charge is -2.17. The molecule has 2 aromatic rings. The van der Waals surface area contributed by atoms with E-state index in [0.29, 0.717) is 0 Å². The normalized spacial score (nSPS) is 12.2.